The van der Waals surface area contributed by atoms with Crippen LogP contribution in [0.2, 0.25) is 0 Å². The summed E-state index contributed by atoms with van der Waals surface area (Å²) in [6.45, 7) is -0.959. The number of carbonyl (C=O) groups excluding carboxylic acids is 2. The number of fused-ring (bicyclic) bond motifs is 2. The van der Waals surface area contributed by atoms with Crippen molar-refractivity contribution < 1.29 is 32.7 Å². The first-order valence-corrected chi connectivity index (χ1v) is 10.8. The van der Waals surface area contributed by atoms with Crippen LogP contribution in [0.25, 0.3) is 0 Å². The average Bonchev–Trinajstić information content (AvgIpc) is 3.25. The molecular formula is C19H20F3N5O4S. The van der Waals surface area contributed by atoms with E-state index in [2.05, 4.69) is 10.4 Å². The third-order valence-electron chi connectivity index (χ3n) is 5.64. The van der Waals surface area contributed by atoms with Gasteiger partial charge in [0.2, 0.25) is 5.91 Å². The number of nitrogens with zero attached hydrogens (tertiary/aromatic N) is 3. The normalized spacial score (nSPS) is 15.8. The first-order valence-electron chi connectivity index (χ1n) is 9.94. The topological polar surface area (TPSA) is 131 Å². The van der Waals surface area contributed by atoms with Crippen LogP contribution in [0.4, 0.5) is 23.0 Å². The molecule has 0 radical (unpaired) electrons. The van der Waals surface area contributed by atoms with Gasteiger partial charge in [-0.15, -0.1) is 11.3 Å². The number of primary amides is 1. The third-order valence-corrected chi connectivity index (χ3v) is 6.85. The maximum Gasteiger partial charge on any atom is 0.435 e. The van der Waals surface area contributed by atoms with Crippen LogP contribution in [0, 0.1) is 0 Å². The Hall–Kier alpha value is -3.09. The van der Waals surface area contributed by atoms with E-state index in [1.807, 2.05) is 0 Å². The maximum atomic E-state index is 13.4. The van der Waals surface area contributed by atoms with Crippen LogP contribution in [0.1, 0.15) is 50.6 Å². The second kappa shape index (κ2) is 8.11. The molecule has 0 aromatic carbocycles. The number of nitrogens with one attached hydrogen (secondary N) is 1. The van der Waals surface area contributed by atoms with Crippen LogP contribution in [-0.4, -0.2) is 44.2 Å². The number of amides is 3. The summed E-state index contributed by atoms with van der Waals surface area (Å²) in [6, 6.07) is 0. The number of anilines is 1. The second-order valence-electron chi connectivity index (χ2n) is 7.71. The van der Waals surface area contributed by atoms with Crippen molar-refractivity contribution in [2.75, 3.05) is 11.9 Å². The van der Waals surface area contributed by atoms with Crippen molar-refractivity contribution in [3.05, 3.63) is 33.0 Å². The summed E-state index contributed by atoms with van der Waals surface area (Å²) in [7, 11) is 0. The Labute approximate surface area is 184 Å². The van der Waals surface area contributed by atoms with Crippen LogP contribution >= 0.6 is 11.3 Å². The molecule has 2 aromatic heterocycles. The van der Waals surface area contributed by atoms with Crippen molar-refractivity contribution in [3.63, 3.8) is 0 Å². The third kappa shape index (κ3) is 4.04. The largest absolute Gasteiger partial charge is 0.465 e. The Morgan fingerprint density at radius 3 is 2.53 bits per heavy atom. The minimum absolute atomic E-state index is 0.0294. The van der Waals surface area contributed by atoms with E-state index >= 15 is 0 Å². The number of thiophene rings is 1. The minimum Gasteiger partial charge on any atom is -0.465 e. The number of halogens is 3. The van der Waals surface area contributed by atoms with Gasteiger partial charge in [-0.2, -0.15) is 18.3 Å². The van der Waals surface area contributed by atoms with E-state index in [0.29, 0.717) is 6.42 Å². The van der Waals surface area contributed by atoms with Gasteiger partial charge in [-0.25, -0.2) is 4.79 Å². The smallest absolute Gasteiger partial charge is 0.435 e. The lowest BCUT2D eigenvalue weighted by Gasteiger charge is -2.25. The molecule has 1 aliphatic carbocycles. The minimum atomic E-state index is -4.73. The van der Waals surface area contributed by atoms with Crippen molar-refractivity contribution in [2.24, 2.45) is 5.73 Å². The van der Waals surface area contributed by atoms with Crippen molar-refractivity contribution in [1.29, 1.82) is 0 Å². The molecule has 9 nitrogen and oxygen atoms in total. The molecule has 0 atom stereocenters. The molecule has 0 spiro atoms. The van der Waals surface area contributed by atoms with Crippen molar-refractivity contribution >= 4 is 34.2 Å². The van der Waals surface area contributed by atoms with Crippen LogP contribution in [0.15, 0.2) is 0 Å². The van der Waals surface area contributed by atoms with Gasteiger partial charge in [0.15, 0.2) is 5.69 Å². The summed E-state index contributed by atoms with van der Waals surface area (Å²) in [4.78, 5) is 37.9. The summed E-state index contributed by atoms with van der Waals surface area (Å²) in [5, 5.41) is 15.7. The van der Waals surface area contributed by atoms with Crippen molar-refractivity contribution in [2.45, 2.75) is 51.4 Å². The Balaban J connectivity index is 1.62. The molecule has 32 heavy (non-hydrogen) atoms. The predicted molar refractivity (Wildman–Crippen MR) is 107 cm³/mol. The lowest BCUT2D eigenvalue weighted by molar-refractivity contribution is -0.142. The highest BCUT2D eigenvalue weighted by Gasteiger charge is 2.41. The quantitative estimate of drug-likeness (QED) is 0.631. The van der Waals surface area contributed by atoms with Crippen LogP contribution in [-0.2, 0) is 43.3 Å². The molecule has 4 N–H and O–H groups in total. The zero-order chi connectivity index (χ0) is 23.2. The molecule has 4 rings (SSSR count). The summed E-state index contributed by atoms with van der Waals surface area (Å²) in [5.74, 6) is -1.36. The van der Waals surface area contributed by atoms with E-state index in [0.717, 1.165) is 39.3 Å². The first-order chi connectivity index (χ1) is 15.1. The van der Waals surface area contributed by atoms with E-state index < -0.39 is 36.3 Å². The summed E-state index contributed by atoms with van der Waals surface area (Å²) < 4.78 is 41.2. The van der Waals surface area contributed by atoms with E-state index in [9.17, 15) is 32.7 Å². The molecular weight excluding hydrogens is 451 g/mol. The fourth-order valence-electron chi connectivity index (χ4n) is 4.22. The van der Waals surface area contributed by atoms with Gasteiger partial charge in [0.25, 0.3) is 5.91 Å². The molecule has 0 unspecified atom stereocenters. The Morgan fingerprint density at radius 2 is 1.88 bits per heavy atom. The van der Waals surface area contributed by atoms with Gasteiger partial charge < -0.3 is 21.1 Å². The fraction of sp³-hybridized carbons (Fsp3) is 0.474. The van der Waals surface area contributed by atoms with E-state index in [1.54, 1.807) is 0 Å². The summed E-state index contributed by atoms with van der Waals surface area (Å²) >= 11 is 1.24. The zero-order valence-corrected chi connectivity index (χ0v) is 17.6. The Bertz CT molecular complexity index is 1110. The van der Waals surface area contributed by atoms with Crippen LogP contribution < -0.4 is 11.1 Å². The standard InChI is InChI=1S/C19H20F3N5O4S/c20-19(21,22)15-9-5-6-26(18(30)31)7-11(9)27(25-15)8-13(28)24-17-14(16(23)29)10-3-1-2-4-12(10)32-17/h1-8H2,(H2,23,29)(H,24,28)(H,30,31). The molecule has 0 bridgehead atoms. The van der Waals surface area contributed by atoms with Crippen LogP contribution in [0.5, 0.6) is 0 Å². The molecule has 3 amide bonds. The van der Waals surface area contributed by atoms with Gasteiger partial charge in [-0.3, -0.25) is 14.3 Å². The lowest BCUT2D eigenvalue weighted by atomic mass is 9.95. The van der Waals surface area contributed by atoms with Crippen molar-refractivity contribution in [3.8, 4) is 0 Å². The Morgan fingerprint density at radius 1 is 1.16 bits per heavy atom. The van der Waals surface area contributed by atoms with E-state index in [-0.39, 0.29) is 41.3 Å². The number of nitrogens with two attached hydrogens (primary N) is 1. The number of hydrogen-bond acceptors (Lipinski definition) is 5. The highest BCUT2D eigenvalue weighted by Crippen LogP contribution is 2.38. The SMILES string of the molecule is NC(=O)c1c(NC(=O)Cn2nc(C(F)(F)F)c3c2CN(C(=O)O)CC3)sc2c1CCCC2. The second-order valence-corrected chi connectivity index (χ2v) is 8.82. The van der Waals surface area contributed by atoms with Crippen LogP contribution in [0.3, 0.4) is 0 Å². The monoisotopic (exact) mass is 471 g/mol. The van der Waals surface area contributed by atoms with Gasteiger partial charge in [0.05, 0.1) is 17.8 Å². The number of carbonyl (C=O) groups is 3. The van der Waals surface area contributed by atoms with Crippen molar-refractivity contribution in [1.82, 2.24) is 14.7 Å². The number of alkyl halides is 3. The highest BCUT2D eigenvalue weighted by molar-refractivity contribution is 7.17. The van der Waals surface area contributed by atoms with Gasteiger partial charge in [-0.1, -0.05) is 0 Å². The molecule has 0 fully saturated rings. The predicted octanol–water partition coefficient (Wildman–Crippen LogP) is 2.62. The van der Waals surface area contributed by atoms with Gasteiger partial charge in [0, 0.05) is 17.0 Å². The summed E-state index contributed by atoms with van der Waals surface area (Å²) in [5.41, 5.74) is 5.38. The number of hydrogen-bond donors (Lipinski definition) is 3. The number of aryl methyl sites for hydroxylation is 1. The molecule has 2 aromatic rings. The lowest BCUT2D eigenvalue weighted by Crippen LogP contribution is -2.36. The number of aromatic nitrogens is 2. The fourth-order valence-corrected chi connectivity index (χ4v) is 5.53. The Kier molecular flexibility index (Phi) is 5.61. The van der Waals surface area contributed by atoms with Gasteiger partial charge in [0.1, 0.15) is 11.5 Å². The highest BCUT2D eigenvalue weighted by atomic mass is 32.1. The summed E-state index contributed by atoms with van der Waals surface area (Å²) in [6.07, 6.45) is -2.85. The first kappa shape index (κ1) is 22.1. The molecule has 1 aliphatic heterocycles. The molecule has 0 saturated carbocycles. The molecule has 0 saturated heterocycles. The zero-order valence-electron chi connectivity index (χ0n) is 16.8. The molecule has 13 heteroatoms. The number of rotatable bonds is 4. The average molecular weight is 471 g/mol. The van der Waals surface area contributed by atoms with E-state index in [1.165, 1.54) is 11.3 Å². The van der Waals surface area contributed by atoms with Gasteiger partial charge >= 0.3 is 12.3 Å². The van der Waals surface area contributed by atoms with Gasteiger partial charge in [-0.05, 0) is 37.7 Å². The maximum absolute atomic E-state index is 13.4. The van der Waals surface area contributed by atoms with E-state index in [4.69, 9.17) is 5.73 Å². The molecule has 3 heterocycles. The molecule has 2 aliphatic rings. The molecule has 172 valence electrons. The number of carboxylic acid groups (broad SMARTS) is 1.